The summed E-state index contributed by atoms with van der Waals surface area (Å²) in [6.07, 6.45) is -37.5. The summed E-state index contributed by atoms with van der Waals surface area (Å²) in [6.45, 7) is 29.2. The van der Waals surface area contributed by atoms with Gasteiger partial charge in [-0.1, -0.05) is 59.8 Å². The molecule has 782 valence electrons. The van der Waals surface area contributed by atoms with Crippen LogP contribution in [0.15, 0.2) is 23.8 Å². The molecule has 37 unspecified atom stereocenters. The number of hydrogen-bond acceptors (Lipinski definition) is 43. The number of ether oxygens (including phenoxy) is 26. The summed E-state index contributed by atoms with van der Waals surface area (Å²) in [6, 6.07) is -0.752. The second-order valence-electron chi connectivity index (χ2n) is 39.5. The molecule has 37 atom stereocenters. The zero-order valence-corrected chi connectivity index (χ0v) is 83.5. The lowest BCUT2D eigenvalue weighted by atomic mass is 9.42. The lowest BCUT2D eigenvalue weighted by Gasteiger charge is -2.63. The quantitative estimate of drug-likeness (QED) is 0.0265. The highest BCUT2D eigenvalue weighted by molar-refractivity contribution is 5.96. The van der Waals surface area contributed by atoms with E-state index in [0.29, 0.717) is 30.3 Å². The Balaban J connectivity index is 1.02. The van der Waals surface area contributed by atoms with E-state index in [9.17, 15) is 81.5 Å². The van der Waals surface area contributed by atoms with Crippen molar-refractivity contribution >= 4 is 101 Å². The first-order valence-corrected chi connectivity index (χ1v) is 47.4. The molecule has 11 aliphatic rings. The van der Waals surface area contributed by atoms with Crippen LogP contribution in [0.2, 0.25) is 0 Å². The highest BCUT2D eigenvalue weighted by Gasteiger charge is 2.83. The molecule has 5 aliphatic carbocycles. The second kappa shape index (κ2) is 45.3. The van der Waals surface area contributed by atoms with E-state index in [-0.39, 0.29) is 51.4 Å². The molecule has 1 N–H and O–H groups in total. The number of cyclic esters (lactones) is 1. The minimum absolute atomic E-state index is 0.0331. The molecule has 0 aromatic heterocycles. The number of carbonyl (C=O) groups excluding carboxylic acids is 17. The Bertz CT molecular complexity index is 4680. The predicted molar refractivity (Wildman–Crippen MR) is 467 cm³/mol. The molecule has 5 saturated carbocycles. The standard InChI is InChI=1S/C96H135NO43/c1-41(26-25-27-42(2)85(113)97-69-43(3)44(4)119-86(69)114)61-30-32-94(24)67-29-28-66-92(21,22)68(31-33-95(66)40-96(67,95)35-34-93(61,94)23)137-89-83(78(129-57(17)109)73(124-52(12)104)63(134-89)37-116-47(7)99)140-91-84(139-88-81(131-59(19)111)75(126-54(14)106)70(45(5)120-88)121-49(9)101)79(130-58(18)110)74(125-53(13)105)65(136-91)39-118-87-80(76(127-55(15)107)71(122-50(10)102)62(133-87)36-115-46(6)98)138-90-82(132-60(20)112)77(128-56(16)108)72(123-51(11)103)64(135-90)38-117-48(8)100/h25-27,41,43-45,61-84,87-91H,28-40H2,1-24H3,(H,97,113). The molecule has 11 rings (SSSR count). The highest BCUT2D eigenvalue weighted by atomic mass is 16.8. The van der Waals surface area contributed by atoms with Crippen LogP contribution < -0.4 is 5.32 Å². The van der Waals surface area contributed by atoms with Crippen LogP contribution in [0.4, 0.5) is 0 Å². The number of hydrogen-bond donors (Lipinski definition) is 1. The van der Waals surface area contributed by atoms with E-state index < -0.39 is 293 Å². The molecule has 2 spiro atoms. The summed E-state index contributed by atoms with van der Waals surface area (Å²) in [5.74, 6) is -16.0. The average molecular weight is 1990 g/mol. The van der Waals surface area contributed by atoms with Gasteiger partial charge in [0.2, 0.25) is 5.91 Å². The molecule has 6 aliphatic heterocycles. The third kappa shape index (κ3) is 24.6. The summed E-state index contributed by atoms with van der Waals surface area (Å²) in [5, 5.41) is 2.85. The molecule has 6 saturated heterocycles. The van der Waals surface area contributed by atoms with Crippen molar-refractivity contribution in [2.45, 2.75) is 396 Å². The molecule has 0 aromatic carbocycles. The Kier molecular flexibility index (Phi) is 35.8. The van der Waals surface area contributed by atoms with Gasteiger partial charge in [0.05, 0.1) is 18.8 Å². The molecular weight excluding hydrogens is 1860 g/mol. The van der Waals surface area contributed by atoms with Crippen molar-refractivity contribution in [2.75, 3.05) is 26.4 Å². The van der Waals surface area contributed by atoms with Gasteiger partial charge in [0.15, 0.2) is 123 Å². The lowest BCUT2D eigenvalue weighted by molar-refractivity contribution is -0.402. The van der Waals surface area contributed by atoms with Crippen molar-refractivity contribution in [3.8, 4) is 0 Å². The maximum atomic E-state index is 14.4. The van der Waals surface area contributed by atoms with Crippen molar-refractivity contribution < 1.29 is 205 Å². The first-order valence-electron chi connectivity index (χ1n) is 47.4. The van der Waals surface area contributed by atoms with E-state index in [2.05, 4.69) is 46.0 Å². The highest BCUT2D eigenvalue weighted by Crippen LogP contribution is 2.89. The number of rotatable bonds is 34. The number of nitrogens with one attached hydrogen (secondary N) is 1. The number of fused-ring (bicyclic) bond motifs is 2. The van der Waals surface area contributed by atoms with Gasteiger partial charge in [-0.15, -0.1) is 0 Å². The maximum absolute atomic E-state index is 14.4. The van der Waals surface area contributed by atoms with Crippen molar-refractivity contribution in [3.05, 3.63) is 23.8 Å². The number of esters is 16. The van der Waals surface area contributed by atoms with E-state index in [0.717, 1.165) is 149 Å². The summed E-state index contributed by atoms with van der Waals surface area (Å²) in [5.41, 5.74) is -0.823. The van der Waals surface area contributed by atoms with Crippen LogP contribution in [-0.4, -0.2) is 300 Å². The smallest absolute Gasteiger partial charge is 0.329 e. The normalized spacial score (nSPS) is 39.1. The van der Waals surface area contributed by atoms with Crippen LogP contribution in [0.5, 0.6) is 0 Å². The number of allylic oxidation sites excluding steroid dienone is 3. The van der Waals surface area contributed by atoms with Gasteiger partial charge in [-0.25, -0.2) is 4.79 Å². The van der Waals surface area contributed by atoms with Gasteiger partial charge in [-0.3, -0.25) is 76.7 Å². The Morgan fingerprint density at radius 1 is 0.357 bits per heavy atom. The fourth-order valence-corrected chi connectivity index (χ4v) is 23.7. The maximum Gasteiger partial charge on any atom is 0.329 e. The molecule has 140 heavy (non-hydrogen) atoms. The summed E-state index contributed by atoms with van der Waals surface area (Å²) in [4.78, 5) is 228. The molecular formula is C96H135NO43. The van der Waals surface area contributed by atoms with Gasteiger partial charge in [0.1, 0.15) is 56.4 Å². The van der Waals surface area contributed by atoms with Crippen molar-refractivity contribution in [3.63, 3.8) is 0 Å². The van der Waals surface area contributed by atoms with Gasteiger partial charge < -0.3 is 128 Å². The van der Waals surface area contributed by atoms with Gasteiger partial charge in [0.25, 0.3) is 0 Å². The molecule has 1 amide bonds. The third-order valence-electron chi connectivity index (χ3n) is 29.6. The first kappa shape index (κ1) is 110. The van der Waals surface area contributed by atoms with E-state index in [4.69, 9.17) is 123 Å². The average Bonchev–Trinajstić information content (AvgIpc) is 1.46. The van der Waals surface area contributed by atoms with Crippen molar-refractivity contribution in [2.24, 2.45) is 56.7 Å². The summed E-state index contributed by atoms with van der Waals surface area (Å²) >= 11 is 0. The number of carbonyl (C=O) groups is 17. The zero-order chi connectivity index (χ0) is 103. The van der Waals surface area contributed by atoms with Crippen LogP contribution in [0, 0.1) is 56.7 Å². The Morgan fingerprint density at radius 2 is 0.700 bits per heavy atom. The number of amides is 1. The predicted octanol–water partition coefficient (Wildman–Crippen LogP) is 5.70. The largest absolute Gasteiger partial charge is 0.463 e. The first-order chi connectivity index (χ1) is 65.5. The fraction of sp³-hybridized carbons (Fsp3) is 0.781. The van der Waals surface area contributed by atoms with Crippen LogP contribution in [0.3, 0.4) is 0 Å². The fourth-order valence-electron chi connectivity index (χ4n) is 23.7. The second-order valence-corrected chi connectivity index (χ2v) is 39.5. The lowest BCUT2D eigenvalue weighted by Crippen LogP contribution is -2.69. The minimum atomic E-state index is -2.40. The zero-order valence-electron chi connectivity index (χ0n) is 83.5. The van der Waals surface area contributed by atoms with Gasteiger partial charge in [0, 0.05) is 115 Å². The van der Waals surface area contributed by atoms with Crippen LogP contribution in [0.25, 0.3) is 0 Å². The summed E-state index contributed by atoms with van der Waals surface area (Å²) < 4.78 is 162. The van der Waals surface area contributed by atoms with Crippen molar-refractivity contribution in [1.29, 1.82) is 0 Å². The Morgan fingerprint density at radius 3 is 1.11 bits per heavy atom. The van der Waals surface area contributed by atoms with Crippen LogP contribution in [0.1, 0.15) is 224 Å². The van der Waals surface area contributed by atoms with Crippen LogP contribution >= 0.6 is 0 Å². The van der Waals surface area contributed by atoms with E-state index in [1.165, 1.54) is 6.92 Å². The molecule has 6 heterocycles. The van der Waals surface area contributed by atoms with Gasteiger partial charge in [-0.2, -0.15) is 0 Å². The molecule has 0 bridgehead atoms. The minimum Gasteiger partial charge on any atom is -0.463 e. The molecule has 0 aromatic rings. The summed E-state index contributed by atoms with van der Waals surface area (Å²) in [7, 11) is 0. The molecule has 44 nitrogen and oxygen atoms in total. The molecule has 0 radical (unpaired) electrons. The Labute approximate surface area is 810 Å². The monoisotopic (exact) mass is 1990 g/mol. The van der Waals surface area contributed by atoms with Crippen LogP contribution in [-0.2, 0) is 205 Å². The van der Waals surface area contributed by atoms with Gasteiger partial charge in [-0.05, 0) is 129 Å². The Hall–Kier alpha value is -9.93. The van der Waals surface area contributed by atoms with Crippen molar-refractivity contribution in [1.82, 2.24) is 5.32 Å². The van der Waals surface area contributed by atoms with E-state index in [1.807, 2.05) is 13.0 Å². The third-order valence-corrected chi connectivity index (χ3v) is 29.6. The van der Waals surface area contributed by atoms with E-state index in [1.54, 1.807) is 19.9 Å². The topological polar surface area (TPSA) is 542 Å². The SMILES string of the molecule is CC(=O)OCC1OC(OC2C(OCC3OC(OC4C(OC5CCC67CC68CCC6(C)C(C(C)C=CC=C(C)C(=O)NC9C(=O)OC(C)C9C)CCC6(C)C8CCC7C5(C)C)OC(COC(C)=O)C(OC(C)=O)C4OC(C)=O)C(OC4OC(C)C(OC(C)=O)C(OC(C)=O)C4OC(C)=O)C(OC(C)=O)C3OC(C)=O)OC(COC(C)=O)C(OC(C)=O)C2OC(C)=O)C(OC(C)=O)C(OC(C)=O)C1OC(C)=O. The van der Waals surface area contributed by atoms with E-state index >= 15 is 0 Å². The van der Waals surface area contributed by atoms with Gasteiger partial charge >= 0.3 is 95.5 Å². The molecule has 44 heteroatoms. The molecule has 11 fully saturated rings.